The van der Waals surface area contributed by atoms with E-state index in [9.17, 15) is 4.57 Å². The van der Waals surface area contributed by atoms with E-state index in [1.807, 2.05) is 24.3 Å². The summed E-state index contributed by atoms with van der Waals surface area (Å²) >= 11 is 0. The molecule has 1 aliphatic rings. The molecule has 0 amide bonds. The smallest absolute Gasteiger partial charge is 0.330 e. The van der Waals surface area contributed by atoms with E-state index in [-0.39, 0.29) is 0 Å². The Bertz CT molecular complexity index is 1560. The first kappa shape index (κ1) is 24.6. The molecule has 1 saturated heterocycles. The highest BCUT2D eigenvalue weighted by Gasteiger charge is 2.42. The largest absolute Gasteiger partial charge is 0.497 e. The molecule has 1 heterocycles. The molecule has 0 N–H and O–H groups in total. The molecule has 0 radical (unpaired) electrons. The summed E-state index contributed by atoms with van der Waals surface area (Å²) in [7, 11) is -1.61. The molecule has 0 spiro atoms. The first-order chi connectivity index (χ1) is 18.6. The van der Waals surface area contributed by atoms with Gasteiger partial charge in [-0.1, -0.05) is 84.9 Å². The Kier molecular flexibility index (Phi) is 6.82. The van der Waals surface area contributed by atoms with E-state index in [4.69, 9.17) is 9.50 Å². The minimum atomic E-state index is -3.26. The van der Waals surface area contributed by atoms with Gasteiger partial charge in [0.05, 0.1) is 7.11 Å². The van der Waals surface area contributed by atoms with E-state index in [1.165, 1.54) is 21.5 Å². The van der Waals surface area contributed by atoms with Crippen LogP contribution in [-0.4, -0.2) is 35.8 Å². The normalized spacial score (nSPS) is 16.0. The fourth-order valence-electron chi connectivity index (χ4n) is 5.24. The average Bonchev–Trinajstić information content (AvgIpc) is 3.27. The van der Waals surface area contributed by atoms with Crippen LogP contribution in [-0.2, 0) is 17.7 Å². The van der Waals surface area contributed by atoms with Crippen molar-refractivity contribution in [1.29, 1.82) is 0 Å². The number of rotatable bonds is 7. The highest BCUT2D eigenvalue weighted by molar-refractivity contribution is 7.58. The van der Waals surface area contributed by atoms with Gasteiger partial charge in [-0.2, -0.15) is 0 Å². The Labute approximate surface area is 223 Å². The van der Waals surface area contributed by atoms with E-state index in [0.717, 1.165) is 22.4 Å². The molecule has 0 aromatic heterocycles. The molecule has 6 heteroatoms. The molecule has 5 nitrogen and oxygen atoms in total. The topological polar surface area (TPSA) is 45.1 Å². The molecule has 0 aliphatic carbocycles. The van der Waals surface area contributed by atoms with Gasteiger partial charge >= 0.3 is 7.59 Å². The van der Waals surface area contributed by atoms with Gasteiger partial charge in [0.15, 0.2) is 0 Å². The van der Waals surface area contributed by atoms with Crippen LogP contribution in [0.25, 0.3) is 21.5 Å². The van der Waals surface area contributed by atoms with Gasteiger partial charge < -0.3 is 4.74 Å². The van der Waals surface area contributed by atoms with Crippen molar-refractivity contribution < 1.29 is 9.30 Å². The van der Waals surface area contributed by atoms with Crippen LogP contribution in [0.5, 0.6) is 5.75 Å². The second kappa shape index (κ2) is 10.5. The van der Waals surface area contributed by atoms with Crippen molar-refractivity contribution in [2.24, 2.45) is 4.76 Å². The average molecular weight is 520 g/mol. The maximum atomic E-state index is 14.9. The predicted molar refractivity (Wildman–Crippen MR) is 157 cm³/mol. The second-order valence-corrected chi connectivity index (χ2v) is 12.0. The highest BCUT2D eigenvalue weighted by Crippen LogP contribution is 2.59. The van der Waals surface area contributed by atoms with Gasteiger partial charge in [0.25, 0.3) is 0 Å². The summed E-state index contributed by atoms with van der Waals surface area (Å²) in [6.07, 6.45) is 1.75. The number of hydrogen-bond acceptors (Lipinski definition) is 2. The summed E-state index contributed by atoms with van der Waals surface area (Å²) in [4.78, 5) is 0. The third kappa shape index (κ3) is 4.77. The van der Waals surface area contributed by atoms with Crippen LogP contribution in [0, 0.1) is 0 Å². The van der Waals surface area contributed by atoms with Crippen molar-refractivity contribution in [3.8, 4) is 5.75 Å². The van der Waals surface area contributed by atoms with Gasteiger partial charge in [0, 0.05) is 32.4 Å². The zero-order valence-corrected chi connectivity index (χ0v) is 22.3. The summed E-state index contributed by atoms with van der Waals surface area (Å²) in [5, 5.41) is 4.75. The molecule has 0 saturated carbocycles. The van der Waals surface area contributed by atoms with Crippen LogP contribution in [0.15, 0.2) is 114 Å². The molecule has 190 valence electrons. The van der Waals surface area contributed by atoms with Crippen LogP contribution in [0.3, 0.4) is 0 Å². The van der Waals surface area contributed by atoms with Crippen molar-refractivity contribution in [3.63, 3.8) is 0 Å². The van der Waals surface area contributed by atoms with Gasteiger partial charge in [-0.05, 0) is 62.5 Å². The van der Waals surface area contributed by atoms with Crippen molar-refractivity contribution in [1.82, 2.24) is 9.34 Å². The van der Waals surface area contributed by atoms with Gasteiger partial charge in [-0.25, -0.2) is 14.1 Å². The quantitative estimate of drug-likeness (QED) is 0.165. The molecule has 0 atom stereocenters. The molecule has 5 aromatic carbocycles. The van der Waals surface area contributed by atoms with Gasteiger partial charge in [0.1, 0.15) is 5.75 Å². The third-order valence-corrected chi connectivity index (χ3v) is 9.86. The number of methoxy groups -OCH3 is 1. The lowest BCUT2D eigenvalue weighted by molar-refractivity contribution is 0.415. The maximum absolute atomic E-state index is 14.9. The fourth-order valence-corrected chi connectivity index (χ4v) is 7.55. The van der Waals surface area contributed by atoms with E-state index in [0.29, 0.717) is 26.2 Å². The monoisotopic (exact) mass is 519 g/mol. The number of ether oxygens (including phenoxy) is 1. The predicted octanol–water partition coefficient (Wildman–Crippen LogP) is 7.55. The number of fused-ring (bicyclic) bond motifs is 2. The highest BCUT2D eigenvalue weighted by atomic mass is 31.2. The number of hydrogen-bond donors (Lipinski definition) is 0. The molecular formula is C32H30N3O2P. The van der Waals surface area contributed by atoms with Crippen molar-refractivity contribution >= 4 is 35.4 Å². The molecule has 0 bridgehead atoms. The van der Waals surface area contributed by atoms with Crippen LogP contribution >= 0.6 is 7.59 Å². The third-order valence-electron chi connectivity index (χ3n) is 7.29. The number of benzene rings is 5. The zero-order chi connectivity index (χ0) is 26.0. The SMILES string of the molecule is COc1ccc(/C=N/P2(=O)N(Cc3cccc4ccccc34)CCN2Cc2cccc3ccccc23)cc1. The van der Waals surface area contributed by atoms with Crippen LogP contribution in [0.4, 0.5) is 0 Å². The number of nitrogens with zero attached hydrogens (tertiary/aromatic N) is 3. The minimum absolute atomic E-state index is 0.574. The Morgan fingerprint density at radius 2 is 1.21 bits per heavy atom. The summed E-state index contributed by atoms with van der Waals surface area (Å²) in [5.74, 6) is 0.782. The molecule has 38 heavy (non-hydrogen) atoms. The fraction of sp³-hybridized carbons (Fsp3) is 0.156. The van der Waals surface area contributed by atoms with Crippen LogP contribution in [0.1, 0.15) is 16.7 Å². The first-order valence-corrected chi connectivity index (χ1v) is 14.4. The lowest BCUT2D eigenvalue weighted by Crippen LogP contribution is -2.18. The summed E-state index contributed by atoms with van der Waals surface area (Å²) in [6.45, 7) is 2.52. The van der Waals surface area contributed by atoms with E-state index in [2.05, 4.69) is 94.3 Å². The Balaban J connectivity index is 1.36. The van der Waals surface area contributed by atoms with Gasteiger partial charge in [-0.15, -0.1) is 0 Å². The molecule has 1 fully saturated rings. The molecule has 1 aliphatic heterocycles. The maximum Gasteiger partial charge on any atom is 0.330 e. The van der Waals surface area contributed by atoms with Crippen molar-refractivity contribution in [2.45, 2.75) is 13.1 Å². The lowest BCUT2D eigenvalue weighted by Gasteiger charge is -2.27. The molecule has 0 unspecified atom stereocenters. The molecule has 5 aromatic rings. The Hall–Kier alpha value is -3.76. The summed E-state index contributed by atoms with van der Waals surface area (Å²) < 4.78 is 29.1. The van der Waals surface area contributed by atoms with Gasteiger partial charge in [-0.3, -0.25) is 4.57 Å². The summed E-state index contributed by atoms with van der Waals surface area (Å²) in [6, 6.07) is 37.1. The van der Waals surface area contributed by atoms with E-state index >= 15 is 0 Å². The van der Waals surface area contributed by atoms with Crippen molar-refractivity contribution in [3.05, 3.63) is 126 Å². The standard InChI is InChI=1S/C32H30N3O2P/c1-37-30-18-16-25(17-19-30)22-33-38(36)34(23-28-12-6-10-26-8-2-4-14-31(26)28)20-21-35(38)24-29-13-7-11-27-9-3-5-15-32(27)29/h2-19,22H,20-21,23-24H2,1H3/b33-22+. The van der Waals surface area contributed by atoms with E-state index < -0.39 is 7.59 Å². The van der Waals surface area contributed by atoms with Gasteiger partial charge in [0.2, 0.25) is 0 Å². The zero-order valence-electron chi connectivity index (χ0n) is 21.4. The second-order valence-electron chi connectivity index (χ2n) is 9.58. The Morgan fingerprint density at radius 3 is 1.74 bits per heavy atom. The van der Waals surface area contributed by atoms with Crippen LogP contribution < -0.4 is 4.74 Å². The first-order valence-electron chi connectivity index (χ1n) is 12.9. The Morgan fingerprint density at radius 1 is 0.711 bits per heavy atom. The lowest BCUT2D eigenvalue weighted by atomic mass is 10.0. The van der Waals surface area contributed by atoms with E-state index in [1.54, 1.807) is 13.3 Å². The molecular weight excluding hydrogens is 489 g/mol. The minimum Gasteiger partial charge on any atom is -0.497 e. The summed E-state index contributed by atoms with van der Waals surface area (Å²) in [5.41, 5.74) is 3.22. The van der Waals surface area contributed by atoms with Crippen molar-refractivity contribution in [2.75, 3.05) is 20.2 Å². The molecule has 6 rings (SSSR count). The van der Waals surface area contributed by atoms with Crippen LogP contribution in [0.2, 0.25) is 0 Å².